The van der Waals surface area contributed by atoms with Crippen molar-refractivity contribution in [2.45, 2.75) is 6.92 Å². The zero-order chi connectivity index (χ0) is 14.4. The van der Waals surface area contributed by atoms with Crippen molar-refractivity contribution in [3.63, 3.8) is 0 Å². The number of nitrogens with zero attached hydrogens (tertiary/aromatic N) is 5. The first-order valence-corrected chi connectivity index (χ1v) is 6.13. The van der Waals surface area contributed by atoms with Crippen molar-refractivity contribution < 1.29 is 9.90 Å². The number of rotatable bonds is 2. The Balaban J connectivity index is 2.47. The van der Waals surface area contributed by atoms with Crippen LogP contribution in [0.3, 0.4) is 0 Å². The van der Waals surface area contributed by atoms with Gasteiger partial charge in [0.15, 0.2) is 5.65 Å². The third kappa shape index (κ3) is 1.75. The molecule has 0 aliphatic carbocycles. The summed E-state index contributed by atoms with van der Waals surface area (Å²) in [5.41, 5.74) is 1.74. The van der Waals surface area contributed by atoms with Gasteiger partial charge in [-0.05, 0) is 6.92 Å². The number of carbonyl (C=O) groups is 1. The van der Waals surface area contributed by atoms with Crippen molar-refractivity contribution in [1.29, 1.82) is 0 Å². The van der Waals surface area contributed by atoms with Gasteiger partial charge in [0.25, 0.3) is 0 Å². The molecule has 3 aromatic rings. The third-order valence-electron chi connectivity index (χ3n) is 3.01. The van der Waals surface area contributed by atoms with Crippen LogP contribution >= 0.6 is 11.6 Å². The first kappa shape index (κ1) is 12.6. The number of aromatic nitrogens is 5. The van der Waals surface area contributed by atoms with E-state index in [2.05, 4.69) is 15.2 Å². The lowest BCUT2D eigenvalue weighted by atomic mass is 10.1. The Morgan fingerprint density at radius 2 is 2.15 bits per heavy atom. The van der Waals surface area contributed by atoms with Crippen LogP contribution in [0.15, 0.2) is 18.6 Å². The first-order valence-electron chi connectivity index (χ1n) is 5.75. The summed E-state index contributed by atoms with van der Waals surface area (Å²) in [7, 11) is 1.75. The van der Waals surface area contributed by atoms with Crippen molar-refractivity contribution in [2.75, 3.05) is 0 Å². The third-order valence-corrected chi connectivity index (χ3v) is 3.21. The topological polar surface area (TPSA) is 85.8 Å². The number of carboxylic acid groups (broad SMARTS) is 1. The number of aryl methyl sites for hydroxylation is 2. The maximum Gasteiger partial charge on any atom is 0.339 e. The molecular weight excluding hydrogens is 282 g/mol. The summed E-state index contributed by atoms with van der Waals surface area (Å²) in [6, 6.07) is 0. The van der Waals surface area contributed by atoms with Crippen LogP contribution in [0.2, 0.25) is 5.02 Å². The molecule has 0 amide bonds. The summed E-state index contributed by atoms with van der Waals surface area (Å²) in [4.78, 5) is 15.6. The summed E-state index contributed by atoms with van der Waals surface area (Å²) in [5.74, 6) is -1.08. The molecule has 0 spiro atoms. The van der Waals surface area contributed by atoms with Crippen LogP contribution in [0.25, 0.3) is 16.7 Å². The van der Waals surface area contributed by atoms with Crippen molar-refractivity contribution in [2.24, 2.45) is 7.05 Å². The fraction of sp³-hybridized carbons (Fsp3) is 0.167. The molecule has 1 N–H and O–H groups in total. The lowest BCUT2D eigenvalue weighted by Gasteiger charge is -2.08. The van der Waals surface area contributed by atoms with Crippen LogP contribution in [0.1, 0.15) is 16.1 Å². The zero-order valence-electron chi connectivity index (χ0n) is 10.7. The summed E-state index contributed by atoms with van der Waals surface area (Å²) in [6.45, 7) is 1.80. The molecule has 20 heavy (non-hydrogen) atoms. The van der Waals surface area contributed by atoms with Crippen LogP contribution in [0.4, 0.5) is 0 Å². The Labute approximate surface area is 118 Å². The zero-order valence-corrected chi connectivity index (χ0v) is 11.5. The number of hydrogen-bond acceptors (Lipinski definition) is 4. The van der Waals surface area contributed by atoms with E-state index in [-0.39, 0.29) is 5.56 Å². The fourth-order valence-corrected chi connectivity index (χ4v) is 2.35. The van der Waals surface area contributed by atoms with Crippen LogP contribution in [-0.4, -0.2) is 35.6 Å². The molecule has 8 heteroatoms. The maximum atomic E-state index is 11.4. The second-order valence-corrected chi connectivity index (χ2v) is 4.77. The molecule has 0 saturated carbocycles. The molecule has 3 rings (SSSR count). The average molecular weight is 292 g/mol. The Morgan fingerprint density at radius 3 is 2.75 bits per heavy atom. The molecule has 0 unspecified atom stereocenters. The number of hydrogen-bond donors (Lipinski definition) is 1. The highest BCUT2D eigenvalue weighted by Gasteiger charge is 2.21. The van der Waals surface area contributed by atoms with Gasteiger partial charge in [-0.1, -0.05) is 11.6 Å². The molecule has 0 bridgehead atoms. The highest BCUT2D eigenvalue weighted by atomic mass is 35.5. The molecular formula is C12H10ClN5O2. The van der Waals surface area contributed by atoms with E-state index < -0.39 is 5.97 Å². The number of fused-ring (bicyclic) bond motifs is 1. The van der Waals surface area contributed by atoms with Gasteiger partial charge in [0, 0.05) is 19.4 Å². The van der Waals surface area contributed by atoms with Crippen molar-refractivity contribution in [1.82, 2.24) is 24.5 Å². The van der Waals surface area contributed by atoms with E-state index in [4.69, 9.17) is 11.6 Å². The normalized spacial score (nSPS) is 11.2. The SMILES string of the molecule is Cc1nn(C)c2ncc(C(=O)O)c(-n3cc(Cl)cn3)c12. The minimum atomic E-state index is -1.08. The highest BCUT2D eigenvalue weighted by molar-refractivity contribution is 6.30. The van der Waals surface area contributed by atoms with E-state index >= 15 is 0 Å². The lowest BCUT2D eigenvalue weighted by Crippen LogP contribution is -2.08. The lowest BCUT2D eigenvalue weighted by molar-refractivity contribution is 0.0696. The van der Waals surface area contributed by atoms with Gasteiger partial charge in [0.1, 0.15) is 5.56 Å². The monoisotopic (exact) mass is 291 g/mol. The molecule has 0 saturated heterocycles. The van der Waals surface area contributed by atoms with Crippen LogP contribution in [-0.2, 0) is 7.05 Å². The summed E-state index contributed by atoms with van der Waals surface area (Å²) in [6.07, 6.45) is 4.30. The molecule has 102 valence electrons. The maximum absolute atomic E-state index is 11.4. The summed E-state index contributed by atoms with van der Waals surface area (Å²) < 4.78 is 3.04. The largest absolute Gasteiger partial charge is 0.478 e. The Morgan fingerprint density at radius 1 is 1.40 bits per heavy atom. The number of halogens is 1. The van der Waals surface area contributed by atoms with Gasteiger partial charge in [-0.2, -0.15) is 10.2 Å². The molecule has 0 aliphatic heterocycles. The van der Waals surface area contributed by atoms with Gasteiger partial charge in [0.2, 0.25) is 0 Å². The number of aromatic carboxylic acids is 1. The second-order valence-electron chi connectivity index (χ2n) is 4.34. The number of pyridine rings is 1. The first-order chi connectivity index (χ1) is 9.49. The predicted octanol–water partition coefficient (Wildman–Crippen LogP) is 1.81. The fourth-order valence-electron chi connectivity index (χ4n) is 2.21. The standard InChI is InChI=1S/C12H10ClN5O2/c1-6-9-10(18-5-7(13)3-15-18)8(12(19)20)4-14-11(9)17(2)16-6/h3-5H,1-2H3,(H,19,20). The van der Waals surface area contributed by atoms with Crippen LogP contribution < -0.4 is 0 Å². The van der Waals surface area contributed by atoms with Crippen LogP contribution in [0.5, 0.6) is 0 Å². The average Bonchev–Trinajstić information content (AvgIpc) is 2.93. The van der Waals surface area contributed by atoms with Gasteiger partial charge in [-0.15, -0.1) is 0 Å². The van der Waals surface area contributed by atoms with Gasteiger partial charge in [0.05, 0.1) is 28.0 Å². The minimum absolute atomic E-state index is 0.0494. The van der Waals surface area contributed by atoms with Gasteiger partial charge >= 0.3 is 5.97 Å². The van der Waals surface area contributed by atoms with Gasteiger partial charge < -0.3 is 5.11 Å². The van der Waals surface area contributed by atoms with Crippen molar-refractivity contribution in [3.05, 3.63) is 34.9 Å². The smallest absolute Gasteiger partial charge is 0.339 e. The Bertz CT molecular complexity index is 836. The van der Waals surface area contributed by atoms with E-state index in [1.807, 2.05) is 0 Å². The quantitative estimate of drug-likeness (QED) is 0.778. The van der Waals surface area contributed by atoms with Crippen molar-refractivity contribution in [3.8, 4) is 5.69 Å². The Kier molecular flexibility index (Phi) is 2.72. The second kappa shape index (κ2) is 4.31. The molecule has 7 nitrogen and oxygen atoms in total. The van der Waals surface area contributed by atoms with E-state index in [1.165, 1.54) is 17.1 Å². The molecule has 0 aromatic carbocycles. The molecule has 0 fully saturated rings. The van der Waals surface area contributed by atoms with Crippen molar-refractivity contribution >= 4 is 28.6 Å². The Hall–Kier alpha value is -2.41. The van der Waals surface area contributed by atoms with Crippen LogP contribution in [0, 0.1) is 6.92 Å². The molecule has 3 aromatic heterocycles. The molecule has 0 atom stereocenters. The van der Waals surface area contributed by atoms with E-state index in [0.29, 0.717) is 27.4 Å². The summed E-state index contributed by atoms with van der Waals surface area (Å²) >= 11 is 5.87. The van der Waals surface area contributed by atoms with Gasteiger partial charge in [-0.25, -0.2) is 14.5 Å². The molecule has 0 aliphatic rings. The molecule has 3 heterocycles. The minimum Gasteiger partial charge on any atom is -0.478 e. The van der Waals surface area contributed by atoms with Gasteiger partial charge in [-0.3, -0.25) is 4.68 Å². The summed E-state index contributed by atoms with van der Waals surface area (Å²) in [5, 5.41) is 18.8. The highest BCUT2D eigenvalue weighted by Crippen LogP contribution is 2.27. The predicted molar refractivity (Wildman–Crippen MR) is 72.3 cm³/mol. The molecule has 0 radical (unpaired) electrons. The van der Waals surface area contributed by atoms with E-state index in [0.717, 1.165) is 0 Å². The van der Waals surface area contributed by atoms with E-state index in [9.17, 15) is 9.90 Å². The number of carboxylic acids is 1. The van der Waals surface area contributed by atoms with E-state index in [1.54, 1.807) is 24.9 Å².